The number of halogens is 2. The molecule has 0 heterocycles. The maximum absolute atomic E-state index is 13.6. The van der Waals surface area contributed by atoms with Crippen LogP contribution in [-0.2, 0) is 6.54 Å². The Kier molecular flexibility index (Phi) is 4.59. The van der Waals surface area contributed by atoms with Crippen molar-refractivity contribution in [1.82, 2.24) is 5.32 Å². The third-order valence-electron chi connectivity index (χ3n) is 3.21. The number of benzene rings is 2. The Balaban J connectivity index is 2.15. The highest BCUT2D eigenvalue weighted by Gasteiger charge is 2.16. The third-order valence-corrected chi connectivity index (χ3v) is 3.21. The van der Waals surface area contributed by atoms with Gasteiger partial charge in [0.1, 0.15) is 11.6 Å². The molecule has 0 aliphatic rings. The fourth-order valence-electron chi connectivity index (χ4n) is 2.07. The average Bonchev–Trinajstić information content (AvgIpc) is 2.45. The fraction of sp³-hybridized carbons (Fsp3) is 0.200. The summed E-state index contributed by atoms with van der Waals surface area (Å²) >= 11 is 0. The molecule has 0 aliphatic heterocycles. The van der Waals surface area contributed by atoms with E-state index >= 15 is 0 Å². The van der Waals surface area contributed by atoms with Crippen molar-refractivity contribution in [2.45, 2.75) is 19.5 Å². The topological polar surface area (TPSA) is 55.2 Å². The quantitative estimate of drug-likeness (QED) is 0.675. The summed E-state index contributed by atoms with van der Waals surface area (Å²) in [6.07, 6.45) is 0. The molecule has 110 valence electrons. The Bertz CT molecular complexity index is 662. The van der Waals surface area contributed by atoms with Gasteiger partial charge in [-0.15, -0.1) is 0 Å². The molecule has 0 aliphatic carbocycles. The van der Waals surface area contributed by atoms with Crippen LogP contribution in [0.25, 0.3) is 0 Å². The van der Waals surface area contributed by atoms with Crippen LogP contribution in [0.4, 0.5) is 14.5 Å². The van der Waals surface area contributed by atoms with Gasteiger partial charge in [-0.3, -0.25) is 10.1 Å². The molecule has 0 aromatic heterocycles. The summed E-state index contributed by atoms with van der Waals surface area (Å²) in [6.45, 7) is 1.81. The molecule has 1 atom stereocenters. The first-order valence-electron chi connectivity index (χ1n) is 6.39. The Labute approximate surface area is 120 Å². The van der Waals surface area contributed by atoms with E-state index in [2.05, 4.69) is 5.32 Å². The number of hydrogen-bond acceptors (Lipinski definition) is 3. The van der Waals surface area contributed by atoms with E-state index in [-0.39, 0.29) is 29.7 Å². The molecule has 0 unspecified atom stereocenters. The van der Waals surface area contributed by atoms with Gasteiger partial charge in [0.05, 0.1) is 4.92 Å². The van der Waals surface area contributed by atoms with Crippen LogP contribution < -0.4 is 5.32 Å². The minimum absolute atomic E-state index is 0.0730. The molecule has 2 rings (SSSR count). The zero-order valence-electron chi connectivity index (χ0n) is 11.3. The van der Waals surface area contributed by atoms with Crippen molar-refractivity contribution < 1.29 is 13.7 Å². The van der Waals surface area contributed by atoms with Crippen LogP contribution in [0.5, 0.6) is 0 Å². The second kappa shape index (κ2) is 6.41. The molecular formula is C15H14F2N2O2. The van der Waals surface area contributed by atoms with E-state index in [4.69, 9.17) is 0 Å². The van der Waals surface area contributed by atoms with E-state index < -0.39 is 10.7 Å². The second-order valence-electron chi connectivity index (χ2n) is 4.65. The van der Waals surface area contributed by atoms with E-state index in [0.717, 1.165) is 18.2 Å². The second-order valence-corrected chi connectivity index (χ2v) is 4.65. The highest BCUT2D eigenvalue weighted by molar-refractivity contribution is 5.40. The summed E-state index contributed by atoms with van der Waals surface area (Å²) < 4.78 is 26.8. The molecule has 0 saturated carbocycles. The SMILES string of the molecule is C[C@@H](NCc1cc(F)ccc1[N+](=O)[O-])c1ccccc1F. The van der Waals surface area contributed by atoms with Gasteiger partial charge >= 0.3 is 0 Å². The van der Waals surface area contributed by atoms with Gasteiger partial charge in [0.15, 0.2) is 0 Å². The lowest BCUT2D eigenvalue weighted by Gasteiger charge is -2.15. The van der Waals surface area contributed by atoms with Crippen LogP contribution in [0.1, 0.15) is 24.1 Å². The van der Waals surface area contributed by atoms with Gasteiger partial charge in [-0.25, -0.2) is 8.78 Å². The Morgan fingerprint density at radius 1 is 1.24 bits per heavy atom. The van der Waals surface area contributed by atoms with Crippen molar-refractivity contribution in [3.05, 3.63) is 75.3 Å². The zero-order valence-corrected chi connectivity index (χ0v) is 11.3. The first-order valence-corrected chi connectivity index (χ1v) is 6.39. The van der Waals surface area contributed by atoms with Crippen molar-refractivity contribution >= 4 is 5.69 Å². The predicted octanol–water partition coefficient (Wildman–Crippen LogP) is 3.72. The molecular weight excluding hydrogens is 278 g/mol. The molecule has 0 amide bonds. The van der Waals surface area contributed by atoms with Gasteiger partial charge in [0.2, 0.25) is 0 Å². The Morgan fingerprint density at radius 2 is 1.95 bits per heavy atom. The standard InChI is InChI=1S/C15H14F2N2O2/c1-10(13-4-2-3-5-14(13)17)18-9-11-8-12(16)6-7-15(11)19(20)21/h2-8,10,18H,9H2,1H3/t10-/m1/s1. The van der Waals surface area contributed by atoms with Gasteiger partial charge < -0.3 is 5.32 Å². The molecule has 2 aromatic carbocycles. The highest BCUT2D eigenvalue weighted by atomic mass is 19.1. The molecule has 0 radical (unpaired) electrons. The molecule has 1 N–H and O–H groups in total. The average molecular weight is 292 g/mol. The fourth-order valence-corrected chi connectivity index (χ4v) is 2.07. The van der Waals surface area contributed by atoms with Crippen LogP contribution in [0, 0.1) is 21.7 Å². The van der Waals surface area contributed by atoms with Gasteiger partial charge in [-0.05, 0) is 25.1 Å². The monoisotopic (exact) mass is 292 g/mol. The molecule has 0 saturated heterocycles. The number of nitro benzene ring substituents is 1. The lowest BCUT2D eigenvalue weighted by Crippen LogP contribution is -2.19. The van der Waals surface area contributed by atoms with Gasteiger partial charge in [0, 0.05) is 29.8 Å². The Morgan fingerprint density at radius 3 is 2.62 bits per heavy atom. The van der Waals surface area contributed by atoms with Crippen molar-refractivity contribution in [1.29, 1.82) is 0 Å². The molecule has 6 heteroatoms. The predicted molar refractivity (Wildman–Crippen MR) is 74.7 cm³/mol. The summed E-state index contributed by atoms with van der Waals surface area (Å²) in [7, 11) is 0. The number of hydrogen-bond donors (Lipinski definition) is 1. The van der Waals surface area contributed by atoms with E-state index in [1.165, 1.54) is 6.07 Å². The van der Waals surface area contributed by atoms with Gasteiger partial charge in [0.25, 0.3) is 5.69 Å². The Hall–Kier alpha value is -2.34. The maximum Gasteiger partial charge on any atom is 0.274 e. The van der Waals surface area contributed by atoms with E-state index in [1.54, 1.807) is 25.1 Å². The summed E-state index contributed by atoms with van der Waals surface area (Å²) in [5.74, 6) is -0.901. The van der Waals surface area contributed by atoms with E-state index in [1.807, 2.05) is 0 Å². The zero-order chi connectivity index (χ0) is 15.4. The largest absolute Gasteiger partial charge is 0.306 e. The molecule has 4 nitrogen and oxygen atoms in total. The van der Waals surface area contributed by atoms with Crippen molar-refractivity contribution in [2.75, 3.05) is 0 Å². The lowest BCUT2D eigenvalue weighted by molar-refractivity contribution is -0.385. The van der Waals surface area contributed by atoms with Gasteiger partial charge in [-0.2, -0.15) is 0 Å². The molecule has 21 heavy (non-hydrogen) atoms. The third kappa shape index (κ3) is 3.61. The summed E-state index contributed by atoms with van der Waals surface area (Å²) in [4.78, 5) is 10.3. The van der Waals surface area contributed by atoms with Crippen LogP contribution in [0.2, 0.25) is 0 Å². The van der Waals surface area contributed by atoms with E-state index in [9.17, 15) is 18.9 Å². The normalized spacial score (nSPS) is 12.1. The molecule has 0 fully saturated rings. The number of rotatable bonds is 5. The van der Waals surface area contributed by atoms with Crippen LogP contribution in [0.15, 0.2) is 42.5 Å². The molecule has 2 aromatic rings. The molecule has 0 bridgehead atoms. The lowest BCUT2D eigenvalue weighted by atomic mass is 10.1. The minimum Gasteiger partial charge on any atom is -0.306 e. The smallest absolute Gasteiger partial charge is 0.274 e. The van der Waals surface area contributed by atoms with Crippen LogP contribution >= 0.6 is 0 Å². The highest BCUT2D eigenvalue weighted by Crippen LogP contribution is 2.21. The first kappa shape index (κ1) is 15.1. The van der Waals surface area contributed by atoms with Crippen molar-refractivity contribution in [3.8, 4) is 0 Å². The summed E-state index contributed by atoms with van der Waals surface area (Å²) in [6, 6.07) is 9.20. The first-order chi connectivity index (χ1) is 9.99. The van der Waals surface area contributed by atoms with Crippen molar-refractivity contribution in [2.24, 2.45) is 0 Å². The van der Waals surface area contributed by atoms with Gasteiger partial charge in [-0.1, -0.05) is 18.2 Å². The maximum atomic E-state index is 13.6. The van der Waals surface area contributed by atoms with Crippen LogP contribution in [0.3, 0.4) is 0 Å². The van der Waals surface area contributed by atoms with Crippen molar-refractivity contribution in [3.63, 3.8) is 0 Å². The number of nitrogens with one attached hydrogen (secondary N) is 1. The number of nitrogens with zero attached hydrogens (tertiary/aromatic N) is 1. The van der Waals surface area contributed by atoms with E-state index in [0.29, 0.717) is 5.56 Å². The minimum atomic E-state index is -0.565. The summed E-state index contributed by atoms with van der Waals surface area (Å²) in [5, 5.41) is 13.9. The van der Waals surface area contributed by atoms with Crippen LogP contribution in [-0.4, -0.2) is 4.92 Å². The number of nitro groups is 1. The summed E-state index contributed by atoms with van der Waals surface area (Å²) in [5.41, 5.74) is 0.518. The molecule has 0 spiro atoms.